The van der Waals surface area contributed by atoms with E-state index in [1.165, 1.54) is 12.3 Å². The van der Waals surface area contributed by atoms with Crippen LogP contribution >= 0.6 is 0 Å². The van der Waals surface area contributed by atoms with Gasteiger partial charge in [0.15, 0.2) is 5.82 Å². The van der Waals surface area contributed by atoms with Gasteiger partial charge in [-0.2, -0.15) is 0 Å². The van der Waals surface area contributed by atoms with E-state index in [1.54, 1.807) is 0 Å². The van der Waals surface area contributed by atoms with Gasteiger partial charge in [0.2, 0.25) is 0 Å². The molecule has 1 unspecified atom stereocenters. The summed E-state index contributed by atoms with van der Waals surface area (Å²) in [5.74, 6) is 0.163. The van der Waals surface area contributed by atoms with Gasteiger partial charge in [-0.05, 0) is 12.0 Å². The average Bonchev–Trinajstić information content (AvgIpc) is 2.28. The van der Waals surface area contributed by atoms with Crippen LogP contribution in [0.25, 0.3) is 0 Å². The molecular weight excluding hydrogens is 218 g/mol. The van der Waals surface area contributed by atoms with Crippen LogP contribution in [0.4, 0.5) is 11.5 Å². The summed E-state index contributed by atoms with van der Waals surface area (Å²) >= 11 is 0. The minimum absolute atomic E-state index is 0.114. The molecule has 1 heterocycles. The van der Waals surface area contributed by atoms with E-state index in [1.807, 2.05) is 11.9 Å². The second-order valence-corrected chi connectivity index (χ2v) is 4.34. The molecule has 94 valence electrons. The third-order valence-electron chi connectivity index (χ3n) is 2.79. The Morgan fingerprint density at radius 3 is 2.76 bits per heavy atom. The Bertz CT molecular complexity index is 407. The van der Waals surface area contributed by atoms with E-state index in [0.717, 1.165) is 13.0 Å². The number of nitrogens with two attached hydrogens (primary N) is 1. The summed E-state index contributed by atoms with van der Waals surface area (Å²) in [7, 11) is 1.91. The standard InChI is InChI=1S/C12H19N3O2/c1-4-8(2)7-15(3)11-10(13)5-9(6-14-11)12(16)17/h5-6,8H,4,7,13H2,1-3H3,(H,16,17). The van der Waals surface area contributed by atoms with Crippen molar-refractivity contribution in [2.75, 3.05) is 24.2 Å². The van der Waals surface area contributed by atoms with E-state index in [9.17, 15) is 4.79 Å². The molecule has 0 saturated heterocycles. The molecule has 1 rings (SSSR count). The van der Waals surface area contributed by atoms with Crippen molar-refractivity contribution in [1.82, 2.24) is 4.98 Å². The number of carbonyl (C=O) groups is 1. The molecule has 0 fully saturated rings. The van der Waals surface area contributed by atoms with Crippen LogP contribution in [0.1, 0.15) is 30.6 Å². The molecule has 17 heavy (non-hydrogen) atoms. The predicted molar refractivity (Wildman–Crippen MR) is 68.3 cm³/mol. The zero-order valence-electron chi connectivity index (χ0n) is 10.5. The van der Waals surface area contributed by atoms with Gasteiger partial charge in [0.25, 0.3) is 0 Å². The normalized spacial score (nSPS) is 12.2. The highest BCUT2D eigenvalue weighted by atomic mass is 16.4. The Morgan fingerprint density at radius 1 is 1.65 bits per heavy atom. The van der Waals surface area contributed by atoms with Gasteiger partial charge in [-0.25, -0.2) is 9.78 Å². The Balaban J connectivity index is 2.88. The largest absolute Gasteiger partial charge is 0.478 e. The van der Waals surface area contributed by atoms with Crippen LogP contribution in [0.5, 0.6) is 0 Å². The van der Waals surface area contributed by atoms with E-state index in [0.29, 0.717) is 17.4 Å². The monoisotopic (exact) mass is 237 g/mol. The molecule has 0 aliphatic carbocycles. The van der Waals surface area contributed by atoms with Gasteiger partial charge in [0, 0.05) is 19.8 Å². The Labute approximate surface area is 101 Å². The molecule has 0 bridgehead atoms. The quantitative estimate of drug-likeness (QED) is 0.817. The smallest absolute Gasteiger partial charge is 0.337 e. The highest BCUT2D eigenvalue weighted by Crippen LogP contribution is 2.21. The lowest BCUT2D eigenvalue weighted by molar-refractivity contribution is 0.0696. The number of nitrogen functional groups attached to an aromatic ring is 1. The Morgan fingerprint density at radius 2 is 2.29 bits per heavy atom. The number of pyridine rings is 1. The zero-order chi connectivity index (χ0) is 13.0. The maximum Gasteiger partial charge on any atom is 0.337 e. The van der Waals surface area contributed by atoms with Gasteiger partial charge < -0.3 is 15.7 Å². The Hall–Kier alpha value is -1.78. The van der Waals surface area contributed by atoms with Crippen molar-refractivity contribution in [1.29, 1.82) is 0 Å². The van der Waals surface area contributed by atoms with Crippen LogP contribution in [0.2, 0.25) is 0 Å². The van der Waals surface area contributed by atoms with Crippen molar-refractivity contribution in [2.45, 2.75) is 20.3 Å². The number of nitrogens with zero attached hydrogens (tertiary/aromatic N) is 2. The Kier molecular flexibility index (Phi) is 4.31. The summed E-state index contributed by atoms with van der Waals surface area (Å²) in [6.07, 6.45) is 2.42. The maximum atomic E-state index is 10.7. The third-order valence-corrected chi connectivity index (χ3v) is 2.79. The summed E-state index contributed by atoms with van der Waals surface area (Å²) in [4.78, 5) is 16.8. The van der Waals surface area contributed by atoms with Crippen molar-refractivity contribution in [3.8, 4) is 0 Å². The lowest BCUT2D eigenvalue weighted by Crippen LogP contribution is -2.25. The van der Waals surface area contributed by atoms with Crippen molar-refractivity contribution < 1.29 is 9.90 Å². The minimum atomic E-state index is -1.01. The van der Waals surface area contributed by atoms with Gasteiger partial charge in [-0.15, -0.1) is 0 Å². The third kappa shape index (κ3) is 3.34. The number of anilines is 2. The number of rotatable bonds is 5. The minimum Gasteiger partial charge on any atom is -0.478 e. The number of hydrogen-bond donors (Lipinski definition) is 2. The summed E-state index contributed by atoms with van der Waals surface area (Å²) in [6.45, 7) is 5.13. The van der Waals surface area contributed by atoms with Gasteiger partial charge in [0.1, 0.15) is 0 Å². The summed E-state index contributed by atoms with van der Waals surface area (Å²) in [5.41, 5.74) is 6.32. The first kappa shape index (κ1) is 13.3. The number of carboxylic acids is 1. The van der Waals surface area contributed by atoms with Crippen molar-refractivity contribution in [3.63, 3.8) is 0 Å². The number of aromatic nitrogens is 1. The fraction of sp³-hybridized carbons (Fsp3) is 0.500. The second kappa shape index (κ2) is 5.52. The van der Waals surface area contributed by atoms with Crippen LogP contribution in [0.3, 0.4) is 0 Å². The van der Waals surface area contributed by atoms with Gasteiger partial charge >= 0.3 is 5.97 Å². The zero-order valence-corrected chi connectivity index (χ0v) is 10.5. The fourth-order valence-corrected chi connectivity index (χ4v) is 1.59. The fourth-order valence-electron chi connectivity index (χ4n) is 1.59. The van der Waals surface area contributed by atoms with Crippen molar-refractivity contribution in [2.24, 2.45) is 5.92 Å². The summed E-state index contributed by atoms with van der Waals surface area (Å²) in [5, 5.41) is 8.81. The van der Waals surface area contributed by atoms with E-state index >= 15 is 0 Å². The first-order chi connectivity index (χ1) is 7.95. The molecule has 1 aromatic heterocycles. The van der Waals surface area contributed by atoms with Crippen LogP contribution in [-0.2, 0) is 0 Å². The molecule has 1 aromatic rings. The first-order valence-electron chi connectivity index (χ1n) is 5.65. The van der Waals surface area contributed by atoms with E-state index < -0.39 is 5.97 Å². The van der Waals surface area contributed by atoms with Crippen LogP contribution < -0.4 is 10.6 Å². The van der Waals surface area contributed by atoms with Crippen molar-refractivity contribution >= 4 is 17.5 Å². The SMILES string of the molecule is CCC(C)CN(C)c1ncc(C(=O)O)cc1N. The van der Waals surface area contributed by atoms with Crippen LogP contribution in [0, 0.1) is 5.92 Å². The van der Waals surface area contributed by atoms with Crippen LogP contribution in [0.15, 0.2) is 12.3 Å². The van der Waals surface area contributed by atoms with E-state index in [4.69, 9.17) is 10.8 Å². The highest BCUT2D eigenvalue weighted by Gasteiger charge is 2.12. The topological polar surface area (TPSA) is 79.5 Å². The molecule has 5 heteroatoms. The molecule has 3 N–H and O–H groups in total. The molecule has 0 aliphatic heterocycles. The molecule has 0 spiro atoms. The van der Waals surface area contributed by atoms with Gasteiger partial charge in [-0.1, -0.05) is 20.3 Å². The summed E-state index contributed by atoms with van der Waals surface area (Å²) in [6, 6.07) is 1.44. The average molecular weight is 237 g/mol. The molecule has 1 atom stereocenters. The molecule has 0 saturated carbocycles. The van der Waals surface area contributed by atoms with Crippen LogP contribution in [-0.4, -0.2) is 29.7 Å². The molecule has 0 aliphatic rings. The molecule has 0 radical (unpaired) electrons. The van der Waals surface area contributed by atoms with Crippen molar-refractivity contribution in [3.05, 3.63) is 17.8 Å². The maximum absolute atomic E-state index is 10.7. The highest BCUT2D eigenvalue weighted by molar-refractivity contribution is 5.89. The van der Waals surface area contributed by atoms with Gasteiger partial charge in [0.05, 0.1) is 11.3 Å². The number of aromatic carboxylic acids is 1. The number of carboxylic acid groups (broad SMARTS) is 1. The molecular formula is C12H19N3O2. The molecule has 0 aromatic carbocycles. The molecule has 0 amide bonds. The molecule has 5 nitrogen and oxygen atoms in total. The predicted octanol–water partition coefficient (Wildman–Crippen LogP) is 1.84. The first-order valence-corrected chi connectivity index (χ1v) is 5.65. The number of hydrogen-bond acceptors (Lipinski definition) is 4. The van der Waals surface area contributed by atoms with E-state index in [-0.39, 0.29) is 5.56 Å². The summed E-state index contributed by atoms with van der Waals surface area (Å²) < 4.78 is 0. The lowest BCUT2D eigenvalue weighted by atomic mass is 10.1. The second-order valence-electron chi connectivity index (χ2n) is 4.34. The lowest BCUT2D eigenvalue weighted by Gasteiger charge is -2.23. The van der Waals surface area contributed by atoms with Gasteiger partial charge in [-0.3, -0.25) is 0 Å². The van der Waals surface area contributed by atoms with E-state index in [2.05, 4.69) is 18.8 Å².